The van der Waals surface area contributed by atoms with E-state index in [4.69, 9.17) is 4.74 Å². The van der Waals surface area contributed by atoms with Crippen LogP contribution in [0.15, 0.2) is 30.3 Å². The molecule has 1 aliphatic heterocycles. The number of ether oxygens (including phenoxy) is 1. The highest BCUT2D eigenvalue weighted by Gasteiger charge is 2.33. The average Bonchev–Trinajstić information content (AvgIpc) is 2.32. The first-order valence-electron chi connectivity index (χ1n) is 5.94. The zero-order valence-corrected chi connectivity index (χ0v) is 10.6. The van der Waals surface area contributed by atoms with Crippen molar-refractivity contribution in [1.82, 2.24) is 0 Å². The molecule has 0 saturated heterocycles. The molecule has 0 bridgehead atoms. The van der Waals surface area contributed by atoms with Gasteiger partial charge >= 0.3 is 0 Å². The van der Waals surface area contributed by atoms with E-state index >= 15 is 0 Å². The molecule has 2 N–H and O–H groups in total. The number of benzene rings is 2. The van der Waals surface area contributed by atoms with Crippen LogP contribution in [0, 0.1) is 5.82 Å². The lowest BCUT2D eigenvalue weighted by Crippen LogP contribution is -2.29. The molecule has 98 valence electrons. The Hall–Kier alpha value is -2.23. The Morgan fingerprint density at radius 2 is 1.79 bits per heavy atom. The van der Waals surface area contributed by atoms with Gasteiger partial charge in [-0.1, -0.05) is 6.07 Å². The molecule has 0 amide bonds. The van der Waals surface area contributed by atoms with Crippen molar-refractivity contribution in [3.63, 3.8) is 0 Å². The summed E-state index contributed by atoms with van der Waals surface area (Å²) in [6.45, 7) is 3.71. The van der Waals surface area contributed by atoms with Gasteiger partial charge < -0.3 is 14.9 Å². The molecular weight excluding hydrogens is 247 g/mol. The van der Waals surface area contributed by atoms with Crippen molar-refractivity contribution in [1.29, 1.82) is 0 Å². The smallest absolute Gasteiger partial charge is 0.165 e. The fraction of sp³-hybridized carbons (Fsp3) is 0.200. The maximum atomic E-state index is 13.5. The Morgan fingerprint density at radius 1 is 1.05 bits per heavy atom. The summed E-state index contributed by atoms with van der Waals surface area (Å²) in [5.74, 6) is -0.557. The highest BCUT2D eigenvalue weighted by Crippen LogP contribution is 2.47. The van der Waals surface area contributed by atoms with E-state index in [1.165, 1.54) is 12.1 Å². The zero-order valence-electron chi connectivity index (χ0n) is 10.6. The van der Waals surface area contributed by atoms with Gasteiger partial charge in [0.25, 0.3) is 0 Å². The molecule has 4 heteroatoms. The monoisotopic (exact) mass is 260 g/mol. The molecule has 1 heterocycles. The lowest BCUT2D eigenvalue weighted by atomic mass is 9.86. The number of phenolic OH excluding ortho intramolecular Hbond substituents is 2. The maximum absolute atomic E-state index is 13.5. The van der Waals surface area contributed by atoms with Crippen molar-refractivity contribution in [3.05, 3.63) is 41.7 Å². The Kier molecular flexibility index (Phi) is 2.26. The Balaban J connectivity index is 2.33. The normalized spacial score (nSPS) is 15.3. The van der Waals surface area contributed by atoms with Crippen LogP contribution in [-0.2, 0) is 5.60 Å². The van der Waals surface area contributed by atoms with Gasteiger partial charge in [0.2, 0.25) is 0 Å². The molecular formula is C15H13FO3. The van der Waals surface area contributed by atoms with Crippen molar-refractivity contribution in [3.8, 4) is 28.4 Å². The lowest BCUT2D eigenvalue weighted by molar-refractivity contribution is 0.105. The lowest BCUT2D eigenvalue weighted by Gasteiger charge is -2.35. The number of phenols is 2. The largest absolute Gasteiger partial charge is 0.508 e. The molecule has 0 aliphatic carbocycles. The Morgan fingerprint density at radius 3 is 2.53 bits per heavy atom. The molecule has 0 saturated carbocycles. The molecule has 0 aromatic heterocycles. The molecule has 0 atom stereocenters. The summed E-state index contributed by atoms with van der Waals surface area (Å²) in [6, 6.07) is 7.42. The van der Waals surface area contributed by atoms with Crippen molar-refractivity contribution in [2.24, 2.45) is 0 Å². The first-order valence-corrected chi connectivity index (χ1v) is 5.94. The number of rotatable bonds is 0. The standard InChI is InChI=1S/C15H13FO3/c1-15(2)11-5-8(17)3-4-9(11)10-6-12(16)13(18)7-14(10)19-15/h3-7,17-18H,1-2H3. The van der Waals surface area contributed by atoms with Gasteiger partial charge in [-0.15, -0.1) is 0 Å². The van der Waals surface area contributed by atoms with Crippen LogP contribution >= 0.6 is 0 Å². The number of aromatic hydroxyl groups is 2. The minimum absolute atomic E-state index is 0.137. The van der Waals surface area contributed by atoms with E-state index in [9.17, 15) is 14.6 Å². The number of halogens is 1. The van der Waals surface area contributed by atoms with Gasteiger partial charge in [-0.3, -0.25) is 0 Å². The predicted octanol–water partition coefficient (Wildman–Crippen LogP) is 3.53. The van der Waals surface area contributed by atoms with E-state index in [-0.39, 0.29) is 5.75 Å². The van der Waals surface area contributed by atoms with Crippen LogP contribution in [0.3, 0.4) is 0 Å². The van der Waals surface area contributed by atoms with Gasteiger partial charge in [-0.2, -0.15) is 0 Å². The molecule has 19 heavy (non-hydrogen) atoms. The van der Waals surface area contributed by atoms with E-state index in [1.54, 1.807) is 18.2 Å². The minimum atomic E-state index is -0.693. The fourth-order valence-corrected chi connectivity index (χ4v) is 2.43. The van der Waals surface area contributed by atoms with Crippen molar-refractivity contribution >= 4 is 0 Å². The van der Waals surface area contributed by atoms with Crippen molar-refractivity contribution in [2.45, 2.75) is 19.4 Å². The number of hydrogen-bond acceptors (Lipinski definition) is 3. The third kappa shape index (κ3) is 1.71. The molecule has 2 aromatic carbocycles. The van der Waals surface area contributed by atoms with Crippen LogP contribution < -0.4 is 4.74 Å². The quantitative estimate of drug-likeness (QED) is 0.761. The highest BCUT2D eigenvalue weighted by molar-refractivity contribution is 5.78. The van der Waals surface area contributed by atoms with Gasteiger partial charge in [0.05, 0.1) is 0 Å². The van der Waals surface area contributed by atoms with Crippen LogP contribution in [0.1, 0.15) is 19.4 Å². The molecule has 3 nitrogen and oxygen atoms in total. The van der Waals surface area contributed by atoms with E-state index in [2.05, 4.69) is 0 Å². The molecule has 2 aromatic rings. The maximum Gasteiger partial charge on any atom is 0.165 e. The van der Waals surface area contributed by atoms with Gasteiger partial charge in [-0.25, -0.2) is 4.39 Å². The fourth-order valence-electron chi connectivity index (χ4n) is 2.43. The van der Waals surface area contributed by atoms with Gasteiger partial charge in [0.1, 0.15) is 17.1 Å². The van der Waals surface area contributed by atoms with E-state index < -0.39 is 17.2 Å². The van der Waals surface area contributed by atoms with Crippen LogP contribution in [0.5, 0.6) is 17.2 Å². The van der Waals surface area contributed by atoms with E-state index in [0.717, 1.165) is 11.1 Å². The van der Waals surface area contributed by atoms with Crippen molar-refractivity contribution in [2.75, 3.05) is 0 Å². The van der Waals surface area contributed by atoms with Crippen LogP contribution in [-0.4, -0.2) is 10.2 Å². The molecule has 3 rings (SSSR count). The summed E-state index contributed by atoms with van der Waals surface area (Å²) in [6.07, 6.45) is 0. The Bertz CT molecular complexity index is 677. The predicted molar refractivity (Wildman–Crippen MR) is 68.8 cm³/mol. The summed E-state index contributed by atoms with van der Waals surface area (Å²) < 4.78 is 19.3. The summed E-state index contributed by atoms with van der Waals surface area (Å²) in [5, 5.41) is 19.0. The highest BCUT2D eigenvalue weighted by atomic mass is 19.1. The molecule has 0 unspecified atom stereocenters. The summed E-state index contributed by atoms with van der Waals surface area (Å²) in [7, 11) is 0. The second-order valence-corrected chi connectivity index (χ2v) is 5.14. The third-order valence-electron chi connectivity index (χ3n) is 3.36. The Labute approximate surface area is 109 Å². The van der Waals surface area contributed by atoms with Gasteiger partial charge in [0.15, 0.2) is 11.6 Å². The molecule has 0 radical (unpaired) electrons. The SMILES string of the molecule is CC1(C)Oc2cc(O)c(F)cc2-c2ccc(O)cc21. The summed E-state index contributed by atoms with van der Waals surface area (Å²) in [4.78, 5) is 0. The third-order valence-corrected chi connectivity index (χ3v) is 3.36. The van der Waals surface area contributed by atoms with E-state index in [0.29, 0.717) is 11.3 Å². The second kappa shape index (κ2) is 3.63. The van der Waals surface area contributed by atoms with Crippen LogP contribution in [0.2, 0.25) is 0 Å². The summed E-state index contributed by atoms with van der Waals surface area (Å²) >= 11 is 0. The molecule has 0 spiro atoms. The van der Waals surface area contributed by atoms with Crippen molar-refractivity contribution < 1.29 is 19.3 Å². The topological polar surface area (TPSA) is 49.7 Å². The zero-order chi connectivity index (χ0) is 13.8. The van der Waals surface area contributed by atoms with E-state index in [1.807, 2.05) is 13.8 Å². The van der Waals surface area contributed by atoms with Crippen LogP contribution in [0.4, 0.5) is 4.39 Å². The minimum Gasteiger partial charge on any atom is -0.508 e. The van der Waals surface area contributed by atoms with Gasteiger partial charge in [0, 0.05) is 17.2 Å². The number of hydrogen-bond donors (Lipinski definition) is 2. The van der Waals surface area contributed by atoms with Gasteiger partial charge in [-0.05, 0) is 37.6 Å². The number of fused-ring (bicyclic) bond motifs is 3. The molecule has 0 fully saturated rings. The first kappa shape index (κ1) is 11.8. The average molecular weight is 260 g/mol. The summed E-state index contributed by atoms with van der Waals surface area (Å²) in [5.41, 5.74) is 1.49. The molecule has 1 aliphatic rings. The first-order chi connectivity index (χ1) is 8.88. The van der Waals surface area contributed by atoms with Crippen LogP contribution in [0.25, 0.3) is 11.1 Å². The second-order valence-electron chi connectivity index (χ2n) is 5.14.